The molecule has 4 nitrogen and oxygen atoms in total. The topological polar surface area (TPSA) is 49.4 Å². The van der Waals surface area contributed by atoms with E-state index in [2.05, 4.69) is 27.9 Å². The van der Waals surface area contributed by atoms with Crippen molar-refractivity contribution in [3.8, 4) is 0 Å². The molecule has 1 fully saturated rings. The predicted molar refractivity (Wildman–Crippen MR) is 107 cm³/mol. The van der Waals surface area contributed by atoms with Crippen LogP contribution in [0.3, 0.4) is 0 Å². The van der Waals surface area contributed by atoms with Crippen LogP contribution in [-0.4, -0.2) is 16.9 Å². The molecule has 0 aromatic heterocycles. The molecule has 0 spiro atoms. The Labute approximate surface area is 158 Å². The van der Waals surface area contributed by atoms with E-state index >= 15 is 0 Å². The average molecular weight is 448 g/mol. The van der Waals surface area contributed by atoms with Crippen molar-refractivity contribution in [2.45, 2.75) is 6.92 Å². The van der Waals surface area contributed by atoms with E-state index in [9.17, 15) is 9.59 Å². The summed E-state index contributed by atoms with van der Waals surface area (Å²) in [6.45, 7) is 1.96. The van der Waals surface area contributed by atoms with Crippen LogP contribution in [0, 0.1) is 10.5 Å². The number of rotatable bonds is 2. The van der Waals surface area contributed by atoms with E-state index in [1.165, 1.54) is 4.90 Å². The number of amides is 2. The Kier molecular flexibility index (Phi) is 4.77. The number of nitrogens with one attached hydrogen (secondary N) is 1. The lowest BCUT2D eigenvalue weighted by Crippen LogP contribution is -2.54. The molecular formula is C18H13IN2O2S. The molecule has 0 aliphatic carbocycles. The molecule has 0 atom stereocenters. The summed E-state index contributed by atoms with van der Waals surface area (Å²) in [5.74, 6) is -0.905. The van der Waals surface area contributed by atoms with Gasteiger partial charge in [0.15, 0.2) is 5.11 Å². The van der Waals surface area contributed by atoms with Gasteiger partial charge in [0.05, 0.1) is 5.69 Å². The number of benzene rings is 2. The summed E-state index contributed by atoms with van der Waals surface area (Å²) in [4.78, 5) is 26.4. The maximum absolute atomic E-state index is 12.8. The van der Waals surface area contributed by atoms with E-state index in [0.717, 1.165) is 14.7 Å². The SMILES string of the molecule is Cc1ccc(N2C(=O)/C(=C/c3ccc(I)cc3)C(=O)NC2=S)cc1. The van der Waals surface area contributed by atoms with Gasteiger partial charge in [-0.05, 0) is 77.6 Å². The van der Waals surface area contributed by atoms with Crippen LogP contribution in [0.4, 0.5) is 5.69 Å². The molecule has 1 saturated heterocycles. The van der Waals surface area contributed by atoms with Crippen LogP contribution in [0.1, 0.15) is 11.1 Å². The Balaban J connectivity index is 1.99. The second-order valence-corrected chi connectivity index (χ2v) is 6.98. The van der Waals surface area contributed by atoms with E-state index in [1.54, 1.807) is 18.2 Å². The first-order valence-corrected chi connectivity index (χ1v) is 8.68. The van der Waals surface area contributed by atoms with Gasteiger partial charge in [0.1, 0.15) is 5.57 Å². The van der Waals surface area contributed by atoms with Crippen LogP contribution in [0.15, 0.2) is 54.1 Å². The highest BCUT2D eigenvalue weighted by molar-refractivity contribution is 14.1. The van der Waals surface area contributed by atoms with Gasteiger partial charge in [-0.15, -0.1) is 0 Å². The summed E-state index contributed by atoms with van der Waals surface area (Å²) in [7, 11) is 0. The first-order valence-electron chi connectivity index (χ1n) is 7.19. The fraction of sp³-hybridized carbons (Fsp3) is 0.0556. The van der Waals surface area contributed by atoms with Gasteiger partial charge in [-0.25, -0.2) is 0 Å². The molecule has 2 amide bonds. The minimum atomic E-state index is -0.480. The number of aryl methyl sites for hydroxylation is 1. The van der Waals surface area contributed by atoms with Crippen LogP contribution in [0.2, 0.25) is 0 Å². The van der Waals surface area contributed by atoms with E-state index in [4.69, 9.17) is 12.2 Å². The van der Waals surface area contributed by atoms with Gasteiger partial charge in [0, 0.05) is 3.57 Å². The normalized spacial score (nSPS) is 16.5. The molecule has 120 valence electrons. The predicted octanol–water partition coefficient (Wildman–Crippen LogP) is 3.43. The maximum Gasteiger partial charge on any atom is 0.270 e. The number of anilines is 1. The minimum Gasteiger partial charge on any atom is -0.298 e. The standard InChI is InChI=1S/C18H13IN2O2S/c1-11-2-8-14(9-3-11)21-17(23)15(16(22)20-18(21)24)10-12-4-6-13(19)7-5-12/h2-10H,1H3,(H,20,22,24)/b15-10+. The summed E-state index contributed by atoms with van der Waals surface area (Å²) < 4.78 is 1.08. The van der Waals surface area contributed by atoms with E-state index in [0.29, 0.717) is 5.69 Å². The minimum absolute atomic E-state index is 0.0605. The quantitative estimate of drug-likeness (QED) is 0.332. The van der Waals surface area contributed by atoms with Crippen molar-refractivity contribution in [1.82, 2.24) is 5.32 Å². The van der Waals surface area contributed by atoms with Crippen molar-refractivity contribution in [2.24, 2.45) is 0 Å². The number of carbonyl (C=O) groups is 2. The lowest BCUT2D eigenvalue weighted by molar-refractivity contribution is -0.122. The monoisotopic (exact) mass is 448 g/mol. The first kappa shape index (κ1) is 16.8. The fourth-order valence-electron chi connectivity index (χ4n) is 2.31. The molecule has 24 heavy (non-hydrogen) atoms. The summed E-state index contributed by atoms with van der Waals surface area (Å²) in [5, 5.41) is 2.67. The number of halogens is 1. The smallest absolute Gasteiger partial charge is 0.270 e. The van der Waals surface area contributed by atoms with Gasteiger partial charge in [-0.2, -0.15) is 0 Å². The summed E-state index contributed by atoms with van der Waals surface area (Å²) in [5.41, 5.74) is 2.55. The first-order chi connectivity index (χ1) is 11.5. The third-order valence-corrected chi connectivity index (χ3v) is 4.58. The zero-order valence-corrected chi connectivity index (χ0v) is 15.7. The van der Waals surface area contributed by atoms with Crippen LogP contribution < -0.4 is 10.2 Å². The molecule has 2 aromatic rings. The average Bonchev–Trinajstić information content (AvgIpc) is 2.55. The Bertz CT molecular complexity index is 858. The van der Waals surface area contributed by atoms with Crippen LogP contribution in [-0.2, 0) is 9.59 Å². The number of hydrogen-bond donors (Lipinski definition) is 1. The Morgan fingerprint density at radius 1 is 1.04 bits per heavy atom. The highest BCUT2D eigenvalue weighted by Gasteiger charge is 2.34. The van der Waals surface area contributed by atoms with Gasteiger partial charge >= 0.3 is 0 Å². The highest BCUT2D eigenvalue weighted by atomic mass is 127. The van der Waals surface area contributed by atoms with E-state index in [1.807, 2.05) is 43.3 Å². The summed E-state index contributed by atoms with van der Waals surface area (Å²) in [6.07, 6.45) is 1.58. The van der Waals surface area contributed by atoms with Gasteiger partial charge in [0.25, 0.3) is 11.8 Å². The molecule has 0 radical (unpaired) electrons. The molecular weight excluding hydrogens is 435 g/mol. The van der Waals surface area contributed by atoms with Crippen molar-refractivity contribution in [2.75, 3.05) is 4.90 Å². The maximum atomic E-state index is 12.8. The Hall–Kier alpha value is -2.06. The molecule has 0 saturated carbocycles. The van der Waals surface area contributed by atoms with Crippen molar-refractivity contribution in [3.05, 3.63) is 68.8 Å². The molecule has 0 unspecified atom stereocenters. The van der Waals surface area contributed by atoms with Crippen LogP contribution in [0.25, 0.3) is 6.08 Å². The Morgan fingerprint density at radius 3 is 2.29 bits per heavy atom. The zero-order chi connectivity index (χ0) is 17.3. The van der Waals surface area contributed by atoms with Crippen molar-refractivity contribution < 1.29 is 9.59 Å². The second kappa shape index (κ2) is 6.82. The van der Waals surface area contributed by atoms with Gasteiger partial charge in [0.2, 0.25) is 0 Å². The molecule has 3 rings (SSSR count). The third kappa shape index (κ3) is 3.39. The molecule has 1 heterocycles. The molecule has 6 heteroatoms. The number of nitrogens with zero attached hydrogens (tertiary/aromatic N) is 1. The van der Waals surface area contributed by atoms with E-state index in [-0.39, 0.29) is 10.7 Å². The van der Waals surface area contributed by atoms with Crippen LogP contribution in [0.5, 0.6) is 0 Å². The fourth-order valence-corrected chi connectivity index (χ4v) is 2.95. The lowest BCUT2D eigenvalue weighted by Gasteiger charge is -2.29. The van der Waals surface area contributed by atoms with Crippen molar-refractivity contribution >= 4 is 63.5 Å². The molecule has 1 N–H and O–H groups in total. The van der Waals surface area contributed by atoms with Gasteiger partial charge in [-0.3, -0.25) is 19.8 Å². The van der Waals surface area contributed by atoms with Crippen molar-refractivity contribution in [1.29, 1.82) is 0 Å². The van der Waals surface area contributed by atoms with Gasteiger partial charge in [-0.1, -0.05) is 29.8 Å². The Morgan fingerprint density at radius 2 is 1.67 bits per heavy atom. The summed E-state index contributed by atoms with van der Waals surface area (Å²) >= 11 is 7.38. The zero-order valence-electron chi connectivity index (χ0n) is 12.7. The largest absolute Gasteiger partial charge is 0.298 e. The molecule has 0 bridgehead atoms. The highest BCUT2D eigenvalue weighted by Crippen LogP contribution is 2.22. The molecule has 1 aliphatic rings. The number of carbonyl (C=O) groups excluding carboxylic acids is 2. The molecule has 2 aromatic carbocycles. The lowest BCUT2D eigenvalue weighted by atomic mass is 10.1. The van der Waals surface area contributed by atoms with E-state index < -0.39 is 11.8 Å². The van der Waals surface area contributed by atoms with Gasteiger partial charge < -0.3 is 0 Å². The number of thiocarbonyl (C=S) groups is 1. The molecule has 1 aliphatic heterocycles. The van der Waals surface area contributed by atoms with Crippen molar-refractivity contribution in [3.63, 3.8) is 0 Å². The second-order valence-electron chi connectivity index (χ2n) is 5.34. The number of hydrogen-bond acceptors (Lipinski definition) is 3. The third-order valence-electron chi connectivity index (χ3n) is 3.57. The van der Waals surface area contributed by atoms with Crippen LogP contribution >= 0.6 is 34.8 Å². The summed E-state index contributed by atoms with van der Waals surface area (Å²) in [6, 6.07) is 14.9.